The number of methoxy groups -OCH3 is 1. The highest BCUT2D eigenvalue weighted by molar-refractivity contribution is 5.74. The zero-order valence-corrected chi connectivity index (χ0v) is 16.4. The summed E-state index contributed by atoms with van der Waals surface area (Å²) in [6.07, 6.45) is 4.62. The highest BCUT2D eigenvalue weighted by Gasteiger charge is 2.24. The van der Waals surface area contributed by atoms with Gasteiger partial charge >= 0.3 is 6.03 Å². The van der Waals surface area contributed by atoms with Crippen molar-refractivity contribution >= 4 is 6.03 Å². The Morgan fingerprint density at radius 2 is 2.00 bits per heavy atom. The molecule has 0 saturated carbocycles. The molecule has 7 nitrogen and oxygen atoms in total. The van der Waals surface area contributed by atoms with Crippen LogP contribution in [0.1, 0.15) is 30.5 Å². The number of amides is 2. The van der Waals surface area contributed by atoms with Crippen molar-refractivity contribution in [3.63, 3.8) is 0 Å². The van der Waals surface area contributed by atoms with Gasteiger partial charge in [-0.1, -0.05) is 25.1 Å². The molecule has 2 heterocycles. The van der Waals surface area contributed by atoms with Crippen molar-refractivity contribution in [1.29, 1.82) is 0 Å². The Bertz CT molecular complexity index is 752. The maximum atomic E-state index is 12.7. The highest BCUT2D eigenvalue weighted by atomic mass is 16.5. The molecule has 7 heteroatoms. The number of benzene rings is 1. The molecule has 0 aliphatic carbocycles. The van der Waals surface area contributed by atoms with Gasteiger partial charge in [-0.15, -0.1) is 0 Å². The fourth-order valence-electron chi connectivity index (χ4n) is 3.47. The number of piperazine rings is 1. The first-order chi connectivity index (χ1) is 13.1. The van der Waals surface area contributed by atoms with E-state index in [1.54, 1.807) is 11.8 Å². The number of nitrogens with one attached hydrogen (secondary N) is 1. The van der Waals surface area contributed by atoms with E-state index in [9.17, 15) is 4.79 Å². The number of carbonyl (C=O) groups is 1. The zero-order chi connectivity index (χ0) is 19.2. The van der Waals surface area contributed by atoms with Gasteiger partial charge in [-0.3, -0.25) is 9.58 Å². The Balaban J connectivity index is 1.51. The summed E-state index contributed by atoms with van der Waals surface area (Å²) in [5, 5.41) is 7.35. The molecule has 1 atom stereocenters. The van der Waals surface area contributed by atoms with Crippen LogP contribution in [0.2, 0.25) is 0 Å². The molecular formula is C20H29N5O2. The summed E-state index contributed by atoms with van der Waals surface area (Å²) >= 11 is 0. The molecule has 1 saturated heterocycles. The number of hydrogen-bond acceptors (Lipinski definition) is 4. The molecule has 1 aliphatic rings. The molecule has 1 N–H and O–H groups in total. The SMILES string of the molecule is CC[C@H](NC(=O)N1CCN(Cc2ccccc2OC)CC1)c1cnn(C)c1. The van der Waals surface area contributed by atoms with Gasteiger partial charge in [-0.2, -0.15) is 5.10 Å². The minimum atomic E-state index is -0.00203. The molecule has 1 aliphatic heterocycles. The highest BCUT2D eigenvalue weighted by Crippen LogP contribution is 2.20. The average molecular weight is 371 g/mol. The maximum Gasteiger partial charge on any atom is 0.317 e. The topological polar surface area (TPSA) is 62.6 Å². The summed E-state index contributed by atoms with van der Waals surface area (Å²) in [4.78, 5) is 16.9. The van der Waals surface area contributed by atoms with Crippen LogP contribution < -0.4 is 10.1 Å². The second-order valence-electron chi connectivity index (χ2n) is 6.93. The quantitative estimate of drug-likeness (QED) is 0.847. The van der Waals surface area contributed by atoms with E-state index in [0.29, 0.717) is 0 Å². The smallest absolute Gasteiger partial charge is 0.317 e. The lowest BCUT2D eigenvalue weighted by Crippen LogP contribution is -2.51. The summed E-state index contributed by atoms with van der Waals surface area (Å²) in [5.74, 6) is 0.917. The number of ether oxygens (including phenoxy) is 1. The van der Waals surface area contributed by atoms with Crippen LogP contribution in [0.4, 0.5) is 4.79 Å². The fourth-order valence-corrected chi connectivity index (χ4v) is 3.47. The molecule has 1 aromatic carbocycles. The first-order valence-corrected chi connectivity index (χ1v) is 9.49. The van der Waals surface area contributed by atoms with Crippen molar-refractivity contribution in [3.05, 3.63) is 47.8 Å². The Labute approximate surface area is 160 Å². The molecule has 0 bridgehead atoms. The van der Waals surface area contributed by atoms with E-state index in [0.717, 1.165) is 50.5 Å². The number of nitrogens with zero attached hydrogens (tertiary/aromatic N) is 4. The van der Waals surface area contributed by atoms with Crippen LogP contribution >= 0.6 is 0 Å². The number of aromatic nitrogens is 2. The van der Waals surface area contributed by atoms with Gasteiger partial charge in [0.15, 0.2) is 0 Å². The van der Waals surface area contributed by atoms with Crippen molar-refractivity contribution in [2.45, 2.75) is 25.9 Å². The van der Waals surface area contributed by atoms with Crippen LogP contribution in [0.5, 0.6) is 5.75 Å². The van der Waals surface area contributed by atoms with Crippen LogP contribution in [0, 0.1) is 0 Å². The van der Waals surface area contributed by atoms with Crippen LogP contribution in [-0.4, -0.2) is 58.9 Å². The molecule has 1 aromatic heterocycles. The normalized spacial score (nSPS) is 16.2. The Hall–Kier alpha value is -2.54. The third-order valence-electron chi connectivity index (χ3n) is 5.08. The molecule has 27 heavy (non-hydrogen) atoms. The molecule has 2 aromatic rings. The van der Waals surface area contributed by atoms with Gasteiger partial charge in [0.05, 0.1) is 19.3 Å². The lowest BCUT2D eigenvalue weighted by atomic mass is 10.1. The van der Waals surface area contributed by atoms with Crippen molar-refractivity contribution in [2.24, 2.45) is 7.05 Å². The molecule has 0 spiro atoms. The molecule has 146 valence electrons. The van der Waals surface area contributed by atoms with Gasteiger partial charge in [-0.05, 0) is 12.5 Å². The van der Waals surface area contributed by atoms with Gasteiger partial charge in [-0.25, -0.2) is 4.79 Å². The first-order valence-electron chi connectivity index (χ1n) is 9.49. The van der Waals surface area contributed by atoms with E-state index in [-0.39, 0.29) is 12.1 Å². The zero-order valence-electron chi connectivity index (χ0n) is 16.4. The van der Waals surface area contributed by atoms with E-state index < -0.39 is 0 Å². The lowest BCUT2D eigenvalue weighted by Gasteiger charge is -2.35. The maximum absolute atomic E-state index is 12.7. The van der Waals surface area contributed by atoms with Gasteiger partial charge in [0.2, 0.25) is 0 Å². The number of carbonyl (C=O) groups excluding carboxylic acids is 1. The third-order valence-corrected chi connectivity index (χ3v) is 5.08. The van der Waals surface area contributed by atoms with Crippen LogP contribution in [-0.2, 0) is 13.6 Å². The summed E-state index contributed by atoms with van der Waals surface area (Å²) in [5.41, 5.74) is 2.23. The van der Waals surface area contributed by atoms with Crippen LogP contribution in [0.15, 0.2) is 36.7 Å². The van der Waals surface area contributed by atoms with E-state index in [2.05, 4.69) is 28.3 Å². The van der Waals surface area contributed by atoms with Gasteiger partial charge in [0, 0.05) is 57.1 Å². The van der Waals surface area contributed by atoms with Gasteiger partial charge < -0.3 is 15.0 Å². The second kappa shape index (κ2) is 8.90. The Morgan fingerprint density at radius 1 is 1.26 bits per heavy atom. The Kier molecular flexibility index (Phi) is 6.34. The van der Waals surface area contributed by atoms with Crippen molar-refractivity contribution < 1.29 is 9.53 Å². The third kappa shape index (κ3) is 4.80. The average Bonchev–Trinajstić information content (AvgIpc) is 3.13. The number of urea groups is 1. The van der Waals surface area contributed by atoms with Crippen LogP contribution in [0.3, 0.4) is 0 Å². The summed E-state index contributed by atoms with van der Waals surface area (Å²) in [6.45, 7) is 6.08. The molecule has 2 amide bonds. The van der Waals surface area contributed by atoms with Crippen molar-refractivity contribution in [1.82, 2.24) is 24.9 Å². The number of rotatable bonds is 6. The summed E-state index contributed by atoms with van der Waals surface area (Å²) in [7, 11) is 3.59. The second-order valence-corrected chi connectivity index (χ2v) is 6.93. The molecule has 1 fully saturated rings. The van der Waals surface area contributed by atoms with Crippen molar-refractivity contribution in [2.75, 3.05) is 33.3 Å². The van der Waals surface area contributed by atoms with Crippen LogP contribution in [0.25, 0.3) is 0 Å². The lowest BCUT2D eigenvalue weighted by molar-refractivity contribution is 0.132. The van der Waals surface area contributed by atoms with E-state index in [1.807, 2.05) is 42.5 Å². The summed E-state index contributed by atoms with van der Waals surface area (Å²) < 4.78 is 7.20. The minimum Gasteiger partial charge on any atom is -0.496 e. The van der Waals surface area contributed by atoms with Gasteiger partial charge in [0.1, 0.15) is 5.75 Å². The predicted molar refractivity (Wildman–Crippen MR) is 105 cm³/mol. The number of aryl methyl sites for hydroxylation is 1. The molecule has 0 unspecified atom stereocenters. The largest absolute Gasteiger partial charge is 0.496 e. The molecule has 0 radical (unpaired) electrons. The predicted octanol–water partition coefficient (Wildman–Crippen LogP) is 2.41. The van der Waals surface area contributed by atoms with Gasteiger partial charge in [0.25, 0.3) is 0 Å². The van der Waals surface area contributed by atoms with E-state index in [1.165, 1.54) is 5.56 Å². The Morgan fingerprint density at radius 3 is 2.63 bits per heavy atom. The molecular weight excluding hydrogens is 342 g/mol. The number of para-hydroxylation sites is 1. The summed E-state index contributed by atoms with van der Waals surface area (Å²) in [6, 6.07) is 8.10. The van der Waals surface area contributed by atoms with E-state index in [4.69, 9.17) is 4.74 Å². The first kappa shape index (κ1) is 19.2. The fraction of sp³-hybridized carbons (Fsp3) is 0.500. The van der Waals surface area contributed by atoms with E-state index >= 15 is 0 Å². The number of hydrogen-bond donors (Lipinski definition) is 1. The molecule has 3 rings (SSSR count). The standard InChI is InChI=1S/C20H29N5O2/c1-4-18(17-13-21-23(2)14-17)22-20(26)25-11-9-24(10-12-25)15-16-7-5-6-8-19(16)27-3/h5-8,13-14,18H,4,9-12,15H2,1-3H3,(H,22,26)/t18-/m0/s1. The minimum absolute atomic E-state index is 0.00203. The van der Waals surface area contributed by atoms with Crippen molar-refractivity contribution in [3.8, 4) is 5.75 Å². The monoisotopic (exact) mass is 371 g/mol.